The molecule has 108 valence electrons. The first-order chi connectivity index (χ1) is 9.52. The normalized spacial score (nSPS) is 12.7. The summed E-state index contributed by atoms with van der Waals surface area (Å²) in [7, 11) is 1.93. The van der Waals surface area contributed by atoms with Crippen molar-refractivity contribution in [3.05, 3.63) is 51.5 Å². The Kier molecular flexibility index (Phi) is 4.94. The van der Waals surface area contributed by atoms with Gasteiger partial charge in [0.05, 0.1) is 15.9 Å². The summed E-state index contributed by atoms with van der Waals surface area (Å²) in [5.74, 6) is -0.203. The molecule has 0 saturated heterocycles. The van der Waals surface area contributed by atoms with Crippen molar-refractivity contribution in [3.8, 4) is 0 Å². The average Bonchev–Trinajstić information content (AvgIpc) is 2.64. The standard InChI is InChI=1S/C15H19BrFN3/c1-4-18-13(11-6-5-7-12(17)8-11)9-14-15(16)10(2)19-20(14)3/h5-8,13,18H,4,9H2,1-3H3. The molecule has 0 aliphatic rings. The van der Waals surface area contributed by atoms with Gasteiger partial charge >= 0.3 is 0 Å². The van der Waals surface area contributed by atoms with Crippen LogP contribution in [-0.2, 0) is 13.5 Å². The zero-order valence-electron chi connectivity index (χ0n) is 12.0. The number of hydrogen-bond donors (Lipinski definition) is 1. The van der Waals surface area contributed by atoms with Gasteiger partial charge in [-0.2, -0.15) is 5.10 Å². The molecule has 0 saturated carbocycles. The SMILES string of the molecule is CCNC(Cc1c(Br)c(C)nn1C)c1cccc(F)c1. The van der Waals surface area contributed by atoms with E-state index in [2.05, 4.69) is 33.3 Å². The van der Waals surface area contributed by atoms with Crippen molar-refractivity contribution in [1.29, 1.82) is 0 Å². The highest BCUT2D eigenvalue weighted by atomic mass is 79.9. The fourth-order valence-corrected chi connectivity index (χ4v) is 2.87. The maximum atomic E-state index is 13.4. The fraction of sp³-hybridized carbons (Fsp3) is 0.400. The van der Waals surface area contributed by atoms with E-state index in [1.807, 2.05) is 24.7 Å². The first-order valence-corrected chi connectivity index (χ1v) is 7.49. The molecule has 1 aromatic carbocycles. The average molecular weight is 340 g/mol. The third-order valence-electron chi connectivity index (χ3n) is 3.36. The van der Waals surface area contributed by atoms with E-state index in [1.165, 1.54) is 6.07 Å². The predicted octanol–water partition coefficient (Wildman–Crippen LogP) is 3.52. The number of aryl methyl sites for hydroxylation is 2. The molecule has 0 fully saturated rings. The molecule has 20 heavy (non-hydrogen) atoms. The van der Waals surface area contributed by atoms with Crippen LogP contribution in [0.25, 0.3) is 0 Å². The lowest BCUT2D eigenvalue weighted by Crippen LogP contribution is -2.24. The van der Waals surface area contributed by atoms with Crippen molar-refractivity contribution in [3.63, 3.8) is 0 Å². The number of halogens is 2. The monoisotopic (exact) mass is 339 g/mol. The van der Waals surface area contributed by atoms with Crippen molar-refractivity contribution >= 4 is 15.9 Å². The molecule has 1 N–H and O–H groups in total. The van der Waals surface area contributed by atoms with Gasteiger partial charge in [0.1, 0.15) is 5.82 Å². The third-order valence-corrected chi connectivity index (χ3v) is 4.39. The molecule has 1 heterocycles. The molecular formula is C15H19BrFN3. The molecule has 2 aromatic rings. The fourth-order valence-electron chi connectivity index (χ4n) is 2.37. The van der Waals surface area contributed by atoms with Gasteiger partial charge in [-0.3, -0.25) is 4.68 Å². The molecular weight excluding hydrogens is 321 g/mol. The van der Waals surface area contributed by atoms with E-state index in [1.54, 1.807) is 12.1 Å². The van der Waals surface area contributed by atoms with Crippen LogP contribution in [0.2, 0.25) is 0 Å². The van der Waals surface area contributed by atoms with Crippen molar-refractivity contribution in [1.82, 2.24) is 15.1 Å². The molecule has 0 bridgehead atoms. The summed E-state index contributed by atoms with van der Waals surface area (Å²) in [5.41, 5.74) is 3.03. The molecule has 0 aliphatic heterocycles. The van der Waals surface area contributed by atoms with E-state index in [4.69, 9.17) is 0 Å². The molecule has 1 unspecified atom stereocenters. The number of aromatic nitrogens is 2. The molecule has 2 rings (SSSR count). The van der Waals surface area contributed by atoms with Gasteiger partial charge in [0.25, 0.3) is 0 Å². The summed E-state index contributed by atoms with van der Waals surface area (Å²) in [6.07, 6.45) is 0.759. The second kappa shape index (κ2) is 6.50. The van der Waals surface area contributed by atoms with Crippen LogP contribution in [0.5, 0.6) is 0 Å². The zero-order valence-corrected chi connectivity index (χ0v) is 13.5. The lowest BCUT2D eigenvalue weighted by atomic mass is 10.0. The van der Waals surface area contributed by atoms with Gasteiger partial charge in [0, 0.05) is 19.5 Å². The Labute approximate surface area is 127 Å². The third kappa shape index (κ3) is 3.27. The lowest BCUT2D eigenvalue weighted by Gasteiger charge is -2.19. The quantitative estimate of drug-likeness (QED) is 0.903. The summed E-state index contributed by atoms with van der Waals surface area (Å²) in [4.78, 5) is 0. The van der Waals surface area contributed by atoms with Gasteiger partial charge < -0.3 is 5.32 Å². The number of hydrogen-bond acceptors (Lipinski definition) is 2. The lowest BCUT2D eigenvalue weighted by molar-refractivity contribution is 0.523. The number of nitrogens with zero attached hydrogens (tertiary/aromatic N) is 2. The number of benzene rings is 1. The van der Waals surface area contributed by atoms with Crippen molar-refractivity contribution in [2.45, 2.75) is 26.3 Å². The maximum Gasteiger partial charge on any atom is 0.123 e. The van der Waals surface area contributed by atoms with Gasteiger partial charge in [0.15, 0.2) is 0 Å². The van der Waals surface area contributed by atoms with E-state index < -0.39 is 0 Å². The largest absolute Gasteiger partial charge is 0.310 e. The summed E-state index contributed by atoms with van der Waals surface area (Å²) >= 11 is 3.58. The first kappa shape index (κ1) is 15.2. The smallest absolute Gasteiger partial charge is 0.123 e. The van der Waals surface area contributed by atoms with E-state index in [-0.39, 0.29) is 11.9 Å². The molecule has 1 atom stereocenters. The summed E-state index contributed by atoms with van der Waals surface area (Å²) < 4.78 is 16.3. The minimum Gasteiger partial charge on any atom is -0.310 e. The Morgan fingerprint density at radius 1 is 1.45 bits per heavy atom. The van der Waals surface area contributed by atoms with Crippen LogP contribution in [-0.4, -0.2) is 16.3 Å². The minimum absolute atomic E-state index is 0.0711. The van der Waals surface area contributed by atoms with Crippen LogP contribution in [0.3, 0.4) is 0 Å². The van der Waals surface area contributed by atoms with Gasteiger partial charge in [0.2, 0.25) is 0 Å². The first-order valence-electron chi connectivity index (χ1n) is 6.69. The van der Waals surface area contributed by atoms with Crippen LogP contribution in [0, 0.1) is 12.7 Å². The van der Waals surface area contributed by atoms with Crippen molar-refractivity contribution < 1.29 is 4.39 Å². The predicted molar refractivity (Wildman–Crippen MR) is 82.2 cm³/mol. The summed E-state index contributed by atoms with van der Waals surface area (Å²) in [6.45, 7) is 4.85. The second-order valence-corrected chi connectivity index (χ2v) is 5.63. The van der Waals surface area contributed by atoms with Gasteiger partial charge in [-0.1, -0.05) is 19.1 Å². The van der Waals surface area contributed by atoms with E-state index in [0.29, 0.717) is 0 Å². The van der Waals surface area contributed by atoms with Crippen LogP contribution in [0.4, 0.5) is 4.39 Å². The summed E-state index contributed by atoms with van der Waals surface area (Å²) in [5, 5.41) is 7.81. The Morgan fingerprint density at radius 2 is 2.20 bits per heavy atom. The second-order valence-electron chi connectivity index (χ2n) is 4.84. The van der Waals surface area contributed by atoms with Crippen LogP contribution < -0.4 is 5.32 Å². The molecule has 0 amide bonds. The highest BCUT2D eigenvalue weighted by molar-refractivity contribution is 9.10. The molecule has 1 aromatic heterocycles. The minimum atomic E-state index is -0.203. The topological polar surface area (TPSA) is 29.9 Å². The molecule has 0 spiro atoms. The molecule has 0 radical (unpaired) electrons. The zero-order chi connectivity index (χ0) is 14.7. The Bertz CT molecular complexity index is 595. The molecule has 0 aliphatic carbocycles. The van der Waals surface area contributed by atoms with Gasteiger partial charge in [-0.05, 0) is 47.1 Å². The van der Waals surface area contributed by atoms with Crippen molar-refractivity contribution in [2.75, 3.05) is 6.54 Å². The van der Waals surface area contributed by atoms with Crippen molar-refractivity contribution in [2.24, 2.45) is 7.05 Å². The van der Waals surface area contributed by atoms with Crippen LogP contribution in [0.15, 0.2) is 28.7 Å². The van der Waals surface area contributed by atoms with Gasteiger partial charge in [-0.25, -0.2) is 4.39 Å². The molecule has 3 nitrogen and oxygen atoms in total. The number of rotatable bonds is 5. The highest BCUT2D eigenvalue weighted by Crippen LogP contribution is 2.26. The van der Waals surface area contributed by atoms with Gasteiger partial charge in [-0.15, -0.1) is 0 Å². The Morgan fingerprint density at radius 3 is 2.75 bits per heavy atom. The number of likely N-dealkylation sites (N-methyl/N-ethyl adjacent to an activating group) is 1. The van der Waals surface area contributed by atoms with E-state index in [9.17, 15) is 4.39 Å². The number of nitrogens with one attached hydrogen (secondary N) is 1. The highest BCUT2D eigenvalue weighted by Gasteiger charge is 2.18. The Balaban J connectivity index is 2.30. The summed E-state index contributed by atoms with van der Waals surface area (Å²) in [6, 6.07) is 6.83. The molecule has 5 heteroatoms. The van der Waals surface area contributed by atoms with E-state index in [0.717, 1.165) is 34.4 Å². The maximum absolute atomic E-state index is 13.4. The van der Waals surface area contributed by atoms with E-state index >= 15 is 0 Å². The Hall–Kier alpha value is -1.20. The van der Waals surface area contributed by atoms with Crippen LogP contribution >= 0.6 is 15.9 Å². The van der Waals surface area contributed by atoms with Crippen LogP contribution in [0.1, 0.15) is 29.9 Å².